The molecule has 2 amide bonds. The smallest absolute Gasteiger partial charge is 0.244 e. The molecular weight excluding hydrogens is 462 g/mol. The van der Waals surface area contributed by atoms with Crippen LogP contribution in [0.25, 0.3) is 0 Å². The van der Waals surface area contributed by atoms with E-state index in [0.717, 1.165) is 28.1 Å². The second kappa shape index (κ2) is 11.5. The van der Waals surface area contributed by atoms with E-state index >= 15 is 0 Å². The molecule has 0 aliphatic heterocycles. The third-order valence-electron chi connectivity index (χ3n) is 5.40. The number of rotatable bonds is 10. The number of anilines is 1. The van der Waals surface area contributed by atoms with E-state index in [1.165, 1.54) is 4.90 Å². The molecule has 0 radical (unpaired) electrons. The zero-order chi connectivity index (χ0) is 24.8. The highest BCUT2D eigenvalue weighted by atomic mass is 35.5. The van der Waals surface area contributed by atoms with Crippen molar-refractivity contribution in [2.24, 2.45) is 0 Å². The number of amides is 2. The summed E-state index contributed by atoms with van der Waals surface area (Å²) < 4.78 is 26.1. The molecule has 1 N–H and O–H groups in total. The Labute approximate surface area is 201 Å². The van der Waals surface area contributed by atoms with Gasteiger partial charge in [0.15, 0.2) is 0 Å². The van der Waals surface area contributed by atoms with Gasteiger partial charge in [-0.15, -0.1) is 0 Å². The monoisotopic (exact) mass is 493 g/mol. The minimum atomic E-state index is -3.82. The van der Waals surface area contributed by atoms with E-state index in [0.29, 0.717) is 0 Å². The first kappa shape index (κ1) is 26.7. The number of nitrogens with zero attached hydrogens (tertiary/aromatic N) is 2. The Morgan fingerprint density at radius 2 is 1.76 bits per heavy atom. The fourth-order valence-corrected chi connectivity index (χ4v) is 4.45. The second-order valence-corrected chi connectivity index (χ2v) is 10.5. The molecule has 0 bridgehead atoms. The van der Waals surface area contributed by atoms with E-state index in [1.54, 1.807) is 31.2 Å². The van der Waals surface area contributed by atoms with Gasteiger partial charge in [-0.3, -0.25) is 13.9 Å². The maximum atomic E-state index is 13.5. The fourth-order valence-electron chi connectivity index (χ4n) is 3.30. The van der Waals surface area contributed by atoms with Gasteiger partial charge in [0.2, 0.25) is 21.8 Å². The predicted octanol–water partition coefficient (Wildman–Crippen LogP) is 3.75. The SMILES string of the molecule is CC[C@H](C)NC(=O)[C@@H](C)N(Cc1cccc(C)c1)C(=O)CN(c1ccccc1Cl)S(C)(=O)=O. The summed E-state index contributed by atoms with van der Waals surface area (Å²) >= 11 is 6.23. The van der Waals surface area contributed by atoms with Gasteiger partial charge in [0.05, 0.1) is 17.0 Å². The van der Waals surface area contributed by atoms with Gasteiger partial charge in [-0.2, -0.15) is 0 Å². The van der Waals surface area contributed by atoms with Gasteiger partial charge in [0.25, 0.3) is 0 Å². The minimum absolute atomic E-state index is 0.0495. The summed E-state index contributed by atoms with van der Waals surface area (Å²) in [4.78, 5) is 27.7. The standard InChI is InChI=1S/C24H32ClN3O4S/c1-6-18(3)26-24(30)19(4)27(15-20-11-9-10-17(2)14-20)23(29)16-28(33(5,31)32)22-13-8-7-12-21(22)25/h7-14,18-19H,6,15-16H2,1-5H3,(H,26,30)/t18-,19+/m0/s1. The summed E-state index contributed by atoms with van der Waals surface area (Å²) in [5.41, 5.74) is 2.07. The Balaban J connectivity index is 2.40. The highest BCUT2D eigenvalue weighted by Crippen LogP contribution is 2.27. The van der Waals surface area contributed by atoms with Gasteiger partial charge in [-0.05, 0) is 44.9 Å². The van der Waals surface area contributed by atoms with Gasteiger partial charge in [0.1, 0.15) is 12.6 Å². The summed E-state index contributed by atoms with van der Waals surface area (Å²) in [6.07, 6.45) is 1.77. The third-order valence-corrected chi connectivity index (χ3v) is 6.85. The quantitative estimate of drug-likeness (QED) is 0.546. The van der Waals surface area contributed by atoms with Crippen molar-refractivity contribution in [3.05, 3.63) is 64.7 Å². The number of hydrogen-bond acceptors (Lipinski definition) is 4. The molecule has 2 aromatic rings. The minimum Gasteiger partial charge on any atom is -0.352 e. The van der Waals surface area contributed by atoms with E-state index in [-0.39, 0.29) is 29.2 Å². The van der Waals surface area contributed by atoms with Gasteiger partial charge < -0.3 is 10.2 Å². The molecule has 33 heavy (non-hydrogen) atoms. The number of sulfonamides is 1. The molecule has 0 heterocycles. The van der Waals surface area contributed by atoms with Crippen molar-refractivity contribution < 1.29 is 18.0 Å². The van der Waals surface area contributed by atoms with E-state index in [2.05, 4.69) is 5.32 Å². The zero-order valence-electron chi connectivity index (χ0n) is 19.7. The van der Waals surface area contributed by atoms with Crippen molar-refractivity contribution in [3.63, 3.8) is 0 Å². The Bertz CT molecular complexity index is 1090. The largest absolute Gasteiger partial charge is 0.352 e. The third kappa shape index (κ3) is 7.47. The first-order valence-electron chi connectivity index (χ1n) is 10.8. The fraction of sp³-hybridized carbons (Fsp3) is 0.417. The van der Waals surface area contributed by atoms with Gasteiger partial charge >= 0.3 is 0 Å². The molecule has 2 aromatic carbocycles. The predicted molar refractivity (Wildman–Crippen MR) is 133 cm³/mol. The second-order valence-electron chi connectivity index (χ2n) is 8.23. The average molecular weight is 494 g/mol. The van der Waals surface area contributed by atoms with Crippen LogP contribution >= 0.6 is 11.6 Å². The van der Waals surface area contributed by atoms with Crippen LogP contribution in [-0.4, -0.2) is 50.0 Å². The zero-order valence-corrected chi connectivity index (χ0v) is 21.3. The number of para-hydroxylation sites is 1. The molecule has 0 spiro atoms. The molecule has 0 fully saturated rings. The highest BCUT2D eigenvalue weighted by Gasteiger charge is 2.31. The molecule has 0 saturated carbocycles. The molecule has 2 atom stereocenters. The van der Waals surface area contributed by atoms with E-state index < -0.39 is 28.5 Å². The van der Waals surface area contributed by atoms with E-state index in [9.17, 15) is 18.0 Å². The molecule has 0 unspecified atom stereocenters. The molecule has 9 heteroatoms. The van der Waals surface area contributed by atoms with Crippen LogP contribution in [-0.2, 0) is 26.2 Å². The lowest BCUT2D eigenvalue weighted by Gasteiger charge is -2.32. The molecule has 0 aliphatic rings. The van der Waals surface area contributed by atoms with Crippen LogP contribution in [0, 0.1) is 6.92 Å². The molecular formula is C24H32ClN3O4S. The summed E-state index contributed by atoms with van der Waals surface area (Å²) in [5.74, 6) is -0.803. The summed E-state index contributed by atoms with van der Waals surface area (Å²) in [6.45, 7) is 7.12. The van der Waals surface area contributed by atoms with Crippen LogP contribution in [0.4, 0.5) is 5.69 Å². The van der Waals surface area contributed by atoms with Crippen molar-refractivity contribution in [2.75, 3.05) is 17.1 Å². The number of nitrogens with one attached hydrogen (secondary N) is 1. The van der Waals surface area contributed by atoms with Crippen LogP contribution in [0.1, 0.15) is 38.3 Å². The van der Waals surface area contributed by atoms with Crippen LogP contribution in [0.15, 0.2) is 48.5 Å². The number of benzene rings is 2. The van der Waals surface area contributed by atoms with Gasteiger partial charge in [0, 0.05) is 12.6 Å². The molecule has 2 rings (SSSR count). The van der Waals surface area contributed by atoms with Crippen LogP contribution in [0.3, 0.4) is 0 Å². The molecule has 0 saturated heterocycles. The van der Waals surface area contributed by atoms with Crippen LogP contribution in [0.5, 0.6) is 0 Å². The van der Waals surface area contributed by atoms with Crippen LogP contribution < -0.4 is 9.62 Å². The van der Waals surface area contributed by atoms with Gasteiger partial charge in [-0.1, -0.05) is 60.5 Å². The van der Waals surface area contributed by atoms with Crippen molar-refractivity contribution >= 4 is 39.1 Å². The lowest BCUT2D eigenvalue weighted by atomic mass is 10.1. The van der Waals surface area contributed by atoms with Crippen LogP contribution in [0.2, 0.25) is 5.02 Å². The maximum Gasteiger partial charge on any atom is 0.244 e. The molecule has 180 valence electrons. The number of carbonyl (C=O) groups excluding carboxylic acids is 2. The summed E-state index contributed by atoms with van der Waals surface area (Å²) in [5, 5.41) is 3.11. The first-order chi connectivity index (χ1) is 15.4. The maximum absolute atomic E-state index is 13.5. The molecule has 0 aromatic heterocycles. The van der Waals surface area contributed by atoms with E-state index in [1.807, 2.05) is 45.0 Å². The molecule has 0 aliphatic carbocycles. The van der Waals surface area contributed by atoms with Crippen molar-refractivity contribution in [1.82, 2.24) is 10.2 Å². The summed E-state index contributed by atoms with van der Waals surface area (Å²) in [7, 11) is -3.82. The van der Waals surface area contributed by atoms with Gasteiger partial charge in [-0.25, -0.2) is 8.42 Å². The Morgan fingerprint density at radius 1 is 1.09 bits per heavy atom. The number of halogens is 1. The van der Waals surface area contributed by atoms with Crippen molar-refractivity contribution in [1.29, 1.82) is 0 Å². The lowest BCUT2D eigenvalue weighted by molar-refractivity contribution is -0.139. The molecule has 7 nitrogen and oxygen atoms in total. The Kier molecular flexibility index (Phi) is 9.31. The number of hydrogen-bond donors (Lipinski definition) is 1. The number of aryl methyl sites for hydroxylation is 1. The average Bonchev–Trinajstić information content (AvgIpc) is 2.75. The van der Waals surface area contributed by atoms with Crippen molar-refractivity contribution in [2.45, 2.75) is 52.7 Å². The number of carbonyl (C=O) groups is 2. The Hall–Kier alpha value is -2.58. The van der Waals surface area contributed by atoms with E-state index in [4.69, 9.17) is 11.6 Å². The normalized spacial score (nSPS) is 13.2. The Morgan fingerprint density at radius 3 is 2.33 bits per heavy atom. The summed E-state index contributed by atoms with van der Waals surface area (Å²) in [6, 6.07) is 13.2. The highest BCUT2D eigenvalue weighted by molar-refractivity contribution is 7.92. The topological polar surface area (TPSA) is 86.8 Å². The first-order valence-corrected chi connectivity index (χ1v) is 13.0. The lowest BCUT2D eigenvalue weighted by Crippen LogP contribution is -2.52. The van der Waals surface area contributed by atoms with Crippen molar-refractivity contribution in [3.8, 4) is 0 Å².